The van der Waals surface area contributed by atoms with E-state index in [1.807, 2.05) is 24.7 Å². The van der Waals surface area contributed by atoms with Crippen LogP contribution in [-0.4, -0.2) is 31.6 Å². The fraction of sp³-hybridized carbons (Fsp3) is 0.400. The second kappa shape index (κ2) is 8.10. The van der Waals surface area contributed by atoms with Gasteiger partial charge in [-0.15, -0.1) is 11.3 Å². The van der Waals surface area contributed by atoms with Gasteiger partial charge >= 0.3 is 0 Å². The zero-order valence-electron chi connectivity index (χ0n) is 15.9. The highest BCUT2D eigenvalue weighted by Crippen LogP contribution is 2.33. The molecule has 0 saturated heterocycles. The Morgan fingerprint density at radius 3 is 2.89 bits per heavy atom. The molecule has 28 heavy (non-hydrogen) atoms. The highest BCUT2D eigenvalue weighted by molar-refractivity contribution is 7.17. The molecule has 0 amide bonds. The predicted octanol–water partition coefficient (Wildman–Crippen LogP) is 4.28. The second-order valence-corrected chi connectivity index (χ2v) is 8.21. The molecule has 0 spiro atoms. The molecule has 146 valence electrons. The fourth-order valence-corrected chi connectivity index (χ4v) is 4.49. The van der Waals surface area contributed by atoms with Crippen molar-refractivity contribution in [2.45, 2.75) is 38.1 Å². The molecule has 3 heterocycles. The molecule has 3 aromatic heterocycles. The minimum absolute atomic E-state index is 0.152. The maximum absolute atomic E-state index is 11.6. The lowest BCUT2D eigenvalue weighted by molar-refractivity contribution is -0.115. The number of carbonyl (C=O) groups is 1. The van der Waals surface area contributed by atoms with Crippen LogP contribution in [0.3, 0.4) is 0 Å². The van der Waals surface area contributed by atoms with E-state index in [0.29, 0.717) is 24.3 Å². The molecule has 0 aromatic carbocycles. The van der Waals surface area contributed by atoms with Gasteiger partial charge in [-0.1, -0.05) is 6.58 Å². The molecule has 0 radical (unpaired) electrons. The number of aromatic nitrogens is 4. The normalized spacial score (nSPS) is 19.5. The molecule has 1 aliphatic carbocycles. The van der Waals surface area contributed by atoms with Gasteiger partial charge in [0.15, 0.2) is 5.78 Å². The summed E-state index contributed by atoms with van der Waals surface area (Å²) in [5.74, 6) is 2.06. The lowest BCUT2D eigenvalue weighted by Gasteiger charge is -2.29. The van der Waals surface area contributed by atoms with Crippen LogP contribution in [0.2, 0.25) is 0 Å². The number of hydrogen-bond donors (Lipinski definition) is 2. The van der Waals surface area contributed by atoms with E-state index in [2.05, 4.69) is 27.3 Å². The molecule has 3 aromatic rings. The summed E-state index contributed by atoms with van der Waals surface area (Å²) in [4.78, 5) is 20.9. The number of nitrogens with zero attached hydrogens (tertiary/aromatic N) is 4. The Labute approximate surface area is 167 Å². The Morgan fingerprint density at radius 1 is 1.36 bits per heavy atom. The van der Waals surface area contributed by atoms with E-state index in [1.165, 1.54) is 6.08 Å². The third-order valence-corrected chi connectivity index (χ3v) is 6.08. The monoisotopic (exact) mass is 396 g/mol. The van der Waals surface area contributed by atoms with Crippen LogP contribution in [0.1, 0.15) is 32.1 Å². The van der Waals surface area contributed by atoms with E-state index in [1.54, 1.807) is 22.2 Å². The first-order valence-corrected chi connectivity index (χ1v) is 10.4. The molecule has 0 atom stereocenters. The van der Waals surface area contributed by atoms with Gasteiger partial charge in [-0.2, -0.15) is 10.1 Å². The molecule has 0 bridgehead atoms. The van der Waals surface area contributed by atoms with Crippen molar-refractivity contribution >= 4 is 44.8 Å². The van der Waals surface area contributed by atoms with E-state index in [-0.39, 0.29) is 5.78 Å². The van der Waals surface area contributed by atoms with Gasteiger partial charge in [-0.05, 0) is 49.1 Å². The lowest BCUT2D eigenvalue weighted by Crippen LogP contribution is -2.27. The summed E-state index contributed by atoms with van der Waals surface area (Å²) in [7, 11) is 1.88. The Bertz CT molecular complexity index is 986. The van der Waals surface area contributed by atoms with Gasteiger partial charge in [0.1, 0.15) is 5.82 Å². The molecule has 1 fully saturated rings. The van der Waals surface area contributed by atoms with Gasteiger partial charge in [0.25, 0.3) is 0 Å². The third-order valence-electron chi connectivity index (χ3n) is 5.17. The zero-order chi connectivity index (χ0) is 19.5. The van der Waals surface area contributed by atoms with E-state index in [9.17, 15) is 4.79 Å². The van der Waals surface area contributed by atoms with E-state index < -0.39 is 0 Å². The maximum atomic E-state index is 11.6. The number of allylic oxidation sites excluding steroid dienone is 1. The summed E-state index contributed by atoms with van der Waals surface area (Å²) >= 11 is 1.65. The number of hydrogen-bond acceptors (Lipinski definition) is 7. The SMILES string of the molecule is C=CC(=O)CC1CCC(Nc2nc(Nc3cnn(C)c3)nc3ccsc23)CC1. The Kier molecular flexibility index (Phi) is 5.38. The van der Waals surface area contributed by atoms with Gasteiger partial charge in [0.2, 0.25) is 5.95 Å². The number of aryl methyl sites for hydroxylation is 1. The lowest BCUT2D eigenvalue weighted by atomic mass is 9.83. The zero-order valence-corrected chi connectivity index (χ0v) is 16.7. The quantitative estimate of drug-likeness (QED) is 0.580. The van der Waals surface area contributed by atoms with Crippen molar-refractivity contribution in [3.63, 3.8) is 0 Å². The number of rotatable bonds is 7. The summed E-state index contributed by atoms with van der Waals surface area (Å²) in [6.45, 7) is 3.57. The second-order valence-electron chi connectivity index (χ2n) is 7.30. The molecule has 7 nitrogen and oxygen atoms in total. The van der Waals surface area contributed by atoms with E-state index >= 15 is 0 Å². The van der Waals surface area contributed by atoms with Crippen molar-refractivity contribution in [1.29, 1.82) is 0 Å². The summed E-state index contributed by atoms with van der Waals surface area (Å²) in [5, 5.41) is 13.1. The van der Waals surface area contributed by atoms with E-state index in [0.717, 1.165) is 47.4 Å². The van der Waals surface area contributed by atoms with E-state index in [4.69, 9.17) is 4.98 Å². The summed E-state index contributed by atoms with van der Waals surface area (Å²) in [6, 6.07) is 2.38. The molecule has 8 heteroatoms. The van der Waals surface area contributed by atoms with Crippen LogP contribution in [0.5, 0.6) is 0 Å². The largest absolute Gasteiger partial charge is 0.366 e. The molecular weight excluding hydrogens is 372 g/mol. The highest BCUT2D eigenvalue weighted by atomic mass is 32.1. The van der Waals surface area contributed by atoms with Gasteiger partial charge in [-0.25, -0.2) is 4.98 Å². The van der Waals surface area contributed by atoms with Gasteiger partial charge in [-0.3, -0.25) is 9.48 Å². The standard InChI is InChI=1S/C20H24N6OS/c1-3-16(27)10-13-4-6-14(7-5-13)22-19-18-17(8-9-28-18)24-20(25-19)23-15-11-21-26(2)12-15/h3,8-9,11-14H,1,4-7,10H2,2H3,(H2,22,23,24,25). The van der Waals surface area contributed by atoms with Gasteiger partial charge in [0.05, 0.1) is 22.1 Å². The van der Waals surface area contributed by atoms with Gasteiger partial charge in [0, 0.05) is 25.7 Å². The predicted molar refractivity (Wildman–Crippen MR) is 113 cm³/mol. The first-order chi connectivity index (χ1) is 13.6. The van der Waals surface area contributed by atoms with Crippen LogP contribution < -0.4 is 10.6 Å². The molecule has 0 unspecified atom stereocenters. The van der Waals surface area contributed by atoms with Crippen molar-refractivity contribution in [2.75, 3.05) is 10.6 Å². The van der Waals surface area contributed by atoms with Crippen LogP contribution in [0.25, 0.3) is 10.2 Å². The van der Waals surface area contributed by atoms with Crippen LogP contribution >= 0.6 is 11.3 Å². The van der Waals surface area contributed by atoms with Crippen LogP contribution in [-0.2, 0) is 11.8 Å². The fourth-order valence-electron chi connectivity index (χ4n) is 3.70. The molecule has 4 rings (SSSR count). The van der Waals surface area contributed by atoms with Crippen LogP contribution in [0.4, 0.5) is 17.5 Å². The molecule has 2 N–H and O–H groups in total. The van der Waals surface area contributed by atoms with Crippen LogP contribution in [0, 0.1) is 5.92 Å². The summed E-state index contributed by atoms with van der Waals surface area (Å²) in [5.41, 5.74) is 1.79. The average molecular weight is 397 g/mol. The summed E-state index contributed by atoms with van der Waals surface area (Å²) in [6.07, 6.45) is 9.88. The van der Waals surface area contributed by atoms with Crippen molar-refractivity contribution < 1.29 is 4.79 Å². The van der Waals surface area contributed by atoms with Crippen molar-refractivity contribution in [3.8, 4) is 0 Å². The highest BCUT2D eigenvalue weighted by Gasteiger charge is 2.23. The van der Waals surface area contributed by atoms with Gasteiger partial charge < -0.3 is 10.6 Å². The minimum Gasteiger partial charge on any atom is -0.366 e. The summed E-state index contributed by atoms with van der Waals surface area (Å²) < 4.78 is 2.81. The third kappa shape index (κ3) is 4.22. The Morgan fingerprint density at radius 2 is 2.18 bits per heavy atom. The molecular formula is C20H24N6OS. The minimum atomic E-state index is 0.152. The first kappa shape index (κ1) is 18.6. The molecule has 1 saturated carbocycles. The number of fused-ring (bicyclic) bond motifs is 1. The molecule has 1 aliphatic rings. The average Bonchev–Trinajstić information content (AvgIpc) is 3.32. The molecule has 0 aliphatic heterocycles. The topological polar surface area (TPSA) is 84.7 Å². The van der Waals surface area contributed by atoms with Crippen molar-refractivity contribution in [3.05, 3.63) is 36.5 Å². The van der Waals surface area contributed by atoms with Crippen molar-refractivity contribution in [1.82, 2.24) is 19.7 Å². The maximum Gasteiger partial charge on any atom is 0.229 e. The van der Waals surface area contributed by atoms with Crippen LogP contribution in [0.15, 0.2) is 36.5 Å². The van der Waals surface area contributed by atoms with Crippen molar-refractivity contribution in [2.24, 2.45) is 13.0 Å². The smallest absolute Gasteiger partial charge is 0.229 e. The first-order valence-electron chi connectivity index (χ1n) is 9.53. The Balaban J connectivity index is 1.47. The number of nitrogens with one attached hydrogen (secondary N) is 2. The number of thiophene rings is 1. The number of anilines is 3. The number of carbonyl (C=O) groups excluding carboxylic acids is 1. The Hall–Kier alpha value is -2.74. The number of ketones is 1.